The van der Waals surface area contributed by atoms with Crippen molar-refractivity contribution in [3.8, 4) is 5.69 Å². The van der Waals surface area contributed by atoms with Gasteiger partial charge in [-0.25, -0.2) is 18.6 Å². The molecular formula is C27H21ClF2N2O3. The van der Waals surface area contributed by atoms with Gasteiger partial charge in [0.05, 0.1) is 23.8 Å². The summed E-state index contributed by atoms with van der Waals surface area (Å²) in [5, 5.41) is 0.492. The maximum atomic E-state index is 14.7. The smallest absolute Gasteiger partial charge is 0.358 e. The zero-order valence-corrected chi connectivity index (χ0v) is 19.5. The minimum absolute atomic E-state index is 0.0886. The van der Waals surface area contributed by atoms with Gasteiger partial charge in [0.1, 0.15) is 18.0 Å². The van der Waals surface area contributed by atoms with Crippen molar-refractivity contribution >= 4 is 23.4 Å². The Labute approximate surface area is 206 Å². The average molecular weight is 495 g/mol. The average Bonchev–Trinajstić information content (AvgIpc) is 3.29. The van der Waals surface area contributed by atoms with Crippen LogP contribution in [0.5, 0.6) is 0 Å². The van der Waals surface area contributed by atoms with Crippen molar-refractivity contribution in [3.63, 3.8) is 0 Å². The Morgan fingerprint density at radius 1 is 0.971 bits per heavy atom. The summed E-state index contributed by atoms with van der Waals surface area (Å²) in [6.07, 6.45) is 1.25. The lowest BCUT2D eigenvalue weighted by Gasteiger charge is -2.20. The second kappa shape index (κ2) is 10.6. The van der Waals surface area contributed by atoms with Gasteiger partial charge in [-0.1, -0.05) is 41.9 Å². The topological polar surface area (TPSA) is 61.2 Å². The highest BCUT2D eigenvalue weighted by Gasteiger charge is 2.34. The van der Waals surface area contributed by atoms with Crippen molar-refractivity contribution in [2.45, 2.75) is 19.3 Å². The first kappa shape index (κ1) is 24.3. The van der Waals surface area contributed by atoms with E-state index < -0.39 is 29.3 Å². The van der Waals surface area contributed by atoms with Crippen LogP contribution in [0.4, 0.5) is 8.78 Å². The van der Waals surface area contributed by atoms with E-state index in [2.05, 4.69) is 4.98 Å². The number of halogens is 3. The van der Waals surface area contributed by atoms with Gasteiger partial charge >= 0.3 is 5.97 Å². The summed E-state index contributed by atoms with van der Waals surface area (Å²) < 4.78 is 36.1. The van der Waals surface area contributed by atoms with Gasteiger partial charge < -0.3 is 9.30 Å². The number of esters is 1. The lowest BCUT2D eigenvalue weighted by molar-refractivity contribution is 0.0518. The van der Waals surface area contributed by atoms with Crippen molar-refractivity contribution in [2.24, 2.45) is 0 Å². The quantitative estimate of drug-likeness (QED) is 0.216. The summed E-state index contributed by atoms with van der Waals surface area (Å²) in [4.78, 5) is 30.8. The number of imidazole rings is 1. The third kappa shape index (κ3) is 5.15. The van der Waals surface area contributed by atoms with Crippen LogP contribution in [0.15, 0.2) is 79.1 Å². The number of carbonyl (C=O) groups is 2. The number of ketones is 1. The molecule has 8 heteroatoms. The third-order valence-corrected chi connectivity index (χ3v) is 5.80. The molecule has 0 aliphatic rings. The van der Waals surface area contributed by atoms with Crippen LogP contribution in [0.25, 0.3) is 5.69 Å². The second-order valence-electron chi connectivity index (χ2n) is 7.74. The SMILES string of the molecule is CCOC(=O)c1ncn(-c2ccc(Cl)cc2)c1C(Cc1ccccc1F)C(=O)c1ccccc1F. The largest absolute Gasteiger partial charge is 0.461 e. The zero-order chi connectivity index (χ0) is 24.9. The van der Waals surface area contributed by atoms with E-state index in [0.717, 1.165) is 0 Å². The molecule has 35 heavy (non-hydrogen) atoms. The van der Waals surface area contributed by atoms with Crippen molar-refractivity contribution < 1.29 is 23.1 Å². The minimum atomic E-state index is -1.15. The van der Waals surface area contributed by atoms with Crippen molar-refractivity contribution in [3.05, 3.63) is 118 Å². The Bertz CT molecular complexity index is 1370. The summed E-state index contributed by atoms with van der Waals surface area (Å²) in [6, 6.07) is 18.2. The van der Waals surface area contributed by atoms with Crippen LogP contribution < -0.4 is 0 Å². The molecule has 1 aromatic heterocycles. The third-order valence-electron chi connectivity index (χ3n) is 5.55. The number of aromatic nitrogens is 2. The highest BCUT2D eigenvalue weighted by molar-refractivity contribution is 6.30. The number of benzene rings is 3. The van der Waals surface area contributed by atoms with Gasteiger partial charge in [0, 0.05) is 10.7 Å². The van der Waals surface area contributed by atoms with Gasteiger partial charge in [0.15, 0.2) is 11.5 Å². The normalized spacial score (nSPS) is 11.8. The predicted octanol–water partition coefficient (Wildman–Crippen LogP) is 6.19. The van der Waals surface area contributed by atoms with Crippen LogP contribution in [0, 0.1) is 11.6 Å². The van der Waals surface area contributed by atoms with Gasteiger partial charge in [-0.2, -0.15) is 0 Å². The van der Waals surface area contributed by atoms with Crippen LogP contribution in [0.2, 0.25) is 5.02 Å². The van der Waals surface area contributed by atoms with Crippen molar-refractivity contribution in [1.29, 1.82) is 0 Å². The van der Waals surface area contributed by atoms with E-state index in [1.807, 2.05) is 0 Å². The number of carbonyl (C=O) groups excluding carboxylic acids is 2. The highest BCUT2D eigenvalue weighted by Crippen LogP contribution is 2.32. The fourth-order valence-corrected chi connectivity index (χ4v) is 4.03. The maximum Gasteiger partial charge on any atom is 0.358 e. The number of rotatable bonds is 8. The lowest BCUT2D eigenvalue weighted by atomic mass is 9.87. The molecule has 0 aliphatic carbocycles. The Hall–Kier alpha value is -3.84. The molecule has 0 amide bonds. The molecule has 1 atom stereocenters. The molecule has 4 rings (SSSR count). The second-order valence-corrected chi connectivity index (χ2v) is 8.17. The zero-order valence-electron chi connectivity index (χ0n) is 18.8. The number of nitrogens with zero attached hydrogens (tertiary/aromatic N) is 2. The summed E-state index contributed by atoms with van der Waals surface area (Å²) >= 11 is 6.03. The van der Waals surface area contributed by atoms with Gasteiger partial charge in [-0.05, 0) is 61.4 Å². The molecule has 0 saturated heterocycles. The molecule has 1 unspecified atom stereocenters. The van der Waals surface area contributed by atoms with E-state index in [1.165, 1.54) is 36.7 Å². The standard InChI is InChI=1S/C27H21ClF2N2O3/c1-2-35-27(34)24-25(32(16-31-24)19-13-11-18(28)12-14-19)21(15-17-7-3-5-9-22(17)29)26(33)20-8-4-6-10-23(20)30/h3-14,16,21H,2,15H2,1H3. The molecule has 0 radical (unpaired) electrons. The summed E-state index contributed by atoms with van der Waals surface area (Å²) in [6.45, 7) is 1.74. The van der Waals surface area contributed by atoms with Crippen LogP contribution in [0.1, 0.15) is 44.9 Å². The molecule has 0 saturated carbocycles. The van der Waals surface area contributed by atoms with Crippen molar-refractivity contribution in [2.75, 3.05) is 6.61 Å². The first-order chi connectivity index (χ1) is 16.9. The minimum Gasteiger partial charge on any atom is -0.461 e. The highest BCUT2D eigenvalue weighted by atomic mass is 35.5. The summed E-state index contributed by atoms with van der Waals surface area (Å²) in [7, 11) is 0. The Morgan fingerprint density at radius 3 is 2.29 bits per heavy atom. The van der Waals surface area contributed by atoms with E-state index in [0.29, 0.717) is 10.7 Å². The number of ether oxygens (including phenoxy) is 1. The van der Waals surface area contributed by atoms with Gasteiger partial charge in [0.2, 0.25) is 0 Å². The molecule has 4 aromatic rings. The number of Topliss-reactive ketones (excluding diaryl/α,β-unsaturated/α-hetero) is 1. The molecule has 0 bridgehead atoms. The van der Waals surface area contributed by atoms with Crippen LogP contribution >= 0.6 is 11.6 Å². The van der Waals surface area contributed by atoms with Crippen molar-refractivity contribution in [1.82, 2.24) is 9.55 Å². The number of hydrogen-bond donors (Lipinski definition) is 0. The lowest BCUT2D eigenvalue weighted by Crippen LogP contribution is -2.23. The van der Waals surface area contributed by atoms with E-state index in [-0.39, 0.29) is 35.5 Å². The molecule has 0 aliphatic heterocycles. The molecule has 3 aromatic carbocycles. The van der Waals surface area contributed by atoms with Gasteiger partial charge in [-0.15, -0.1) is 0 Å². The number of hydrogen-bond acceptors (Lipinski definition) is 4. The first-order valence-corrected chi connectivity index (χ1v) is 11.3. The van der Waals surface area contributed by atoms with E-state index in [1.54, 1.807) is 54.0 Å². The fourth-order valence-electron chi connectivity index (χ4n) is 3.90. The molecule has 178 valence electrons. The monoisotopic (exact) mass is 494 g/mol. The fraction of sp³-hybridized carbons (Fsp3) is 0.148. The molecule has 5 nitrogen and oxygen atoms in total. The van der Waals surface area contributed by atoms with Crippen LogP contribution in [-0.2, 0) is 11.2 Å². The summed E-state index contributed by atoms with van der Waals surface area (Å²) in [5.41, 5.74) is 0.691. The van der Waals surface area contributed by atoms with Gasteiger partial charge in [-0.3, -0.25) is 4.79 Å². The van der Waals surface area contributed by atoms with E-state index in [9.17, 15) is 18.4 Å². The molecule has 1 heterocycles. The maximum absolute atomic E-state index is 14.7. The Kier molecular flexibility index (Phi) is 7.36. The van der Waals surface area contributed by atoms with Crippen LogP contribution in [0.3, 0.4) is 0 Å². The van der Waals surface area contributed by atoms with Crippen LogP contribution in [-0.4, -0.2) is 27.9 Å². The molecule has 0 N–H and O–H groups in total. The molecule has 0 fully saturated rings. The molecule has 0 spiro atoms. The first-order valence-electron chi connectivity index (χ1n) is 10.9. The Balaban J connectivity index is 1.94. The van der Waals surface area contributed by atoms with E-state index >= 15 is 0 Å². The summed E-state index contributed by atoms with van der Waals surface area (Å²) in [5.74, 6) is -3.75. The van der Waals surface area contributed by atoms with Gasteiger partial charge in [0.25, 0.3) is 0 Å². The Morgan fingerprint density at radius 2 is 1.63 bits per heavy atom. The van der Waals surface area contributed by atoms with E-state index in [4.69, 9.17) is 16.3 Å². The molecular weight excluding hydrogens is 474 g/mol. The predicted molar refractivity (Wildman–Crippen MR) is 128 cm³/mol.